The molecule has 0 saturated heterocycles. The average Bonchev–Trinajstić information content (AvgIpc) is 2.99. The number of carbonyl (C=O) groups excluding carboxylic acids is 3. The second-order valence-electron chi connectivity index (χ2n) is 5.40. The highest BCUT2D eigenvalue weighted by Gasteiger charge is 2.18. The van der Waals surface area contributed by atoms with E-state index in [0.717, 1.165) is 5.56 Å². The number of rotatable bonds is 6. The van der Waals surface area contributed by atoms with E-state index >= 15 is 0 Å². The summed E-state index contributed by atoms with van der Waals surface area (Å²) in [5.41, 5.74) is 0.996. The van der Waals surface area contributed by atoms with Crippen molar-refractivity contribution in [3.8, 4) is 0 Å². The maximum Gasteiger partial charge on any atom is 0.355 e. The highest BCUT2D eigenvalue weighted by molar-refractivity contribution is 5.97. The number of ether oxygens (including phenoxy) is 2. The van der Waals surface area contributed by atoms with Crippen LogP contribution in [0.1, 0.15) is 34.4 Å². The summed E-state index contributed by atoms with van der Waals surface area (Å²) in [5, 5.41) is 2.45. The van der Waals surface area contributed by atoms with E-state index in [2.05, 4.69) is 10.1 Å². The van der Waals surface area contributed by atoms with Crippen LogP contribution >= 0.6 is 0 Å². The predicted molar refractivity (Wildman–Crippen MR) is 92.8 cm³/mol. The number of amides is 1. The van der Waals surface area contributed by atoms with Crippen LogP contribution in [-0.2, 0) is 25.7 Å². The van der Waals surface area contributed by atoms with Gasteiger partial charge in [-0.05, 0) is 24.6 Å². The Morgan fingerprint density at radius 2 is 1.88 bits per heavy atom. The van der Waals surface area contributed by atoms with Crippen molar-refractivity contribution in [2.75, 3.05) is 7.11 Å². The van der Waals surface area contributed by atoms with E-state index in [4.69, 9.17) is 9.15 Å². The van der Waals surface area contributed by atoms with Crippen LogP contribution < -0.4 is 5.32 Å². The first-order chi connectivity index (χ1) is 12.4. The molecule has 0 atom stereocenters. The zero-order valence-electron chi connectivity index (χ0n) is 14.7. The average molecular weight is 357 g/mol. The van der Waals surface area contributed by atoms with E-state index in [0.29, 0.717) is 5.76 Å². The van der Waals surface area contributed by atoms with Gasteiger partial charge in [-0.2, -0.15) is 0 Å². The second-order valence-corrected chi connectivity index (χ2v) is 5.40. The Labute approximate surface area is 150 Å². The summed E-state index contributed by atoms with van der Waals surface area (Å²) >= 11 is 0. The van der Waals surface area contributed by atoms with Crippen molar-refractivity contribution >= 4 is 23.9 Å². The largest absolute Gasteiger partial charge is 0.465 e. The molecule has 1 amide bonds. The van der Waals surface area contributed by atoms with Crippen molar-refractivity contribution in [2.45, 2.75) is 20.5 Å². The van der Waals surface area contributed by atoms with Gasteiger partial charge in [0.05, 0.1) is 7.11 Å². The van der Waals surface area contributed by atoms with Crippen LogP contribution in [0, 0.1) is 6.92 Å². The van der Waals surface area contributed by atoms with Gasteiger partial charge in [0.2, 0.25) is 5.91 Å². The van der Waals surface area contributed by atoms with Crippen molar-refractivity contribution in [3.05, 3.63) is 64.7 Å². The summed E-state index contributed by atoms with van der Waals surface area (Å²) in [4.78, 5) is 35.2. The van der Waals surface area contributed by atoms with Gasteiger partial charge in [-0.3, -0.25) is 4.79 Å². The SMILES string of the molecule is COC(=O)c1cc(COC(=O)/C(=C/c2ccccc2)NC(C)=O)oc1C. The molecule has 0 aliphatic heterocycles. The normalized spacial score (nSPS) is 11.0. The maximum absolute atomic E-state index is 12.3. The summed E-state index contributed by atoms with van der Waals surface area (Å²) in [7, 11) is 1.27. The first kappa shape index (κ1) is 19.0. The Kier molecular flexibility index (Phi) is 6.32. The quantitative estimate of drug-likeness (QED) is 0.631. The molecule has 2 rings (SSSR count). The fourth-order valence-corrected chi connectivity index (χ4v) is 2.19. The van der Waals surface area contributed by atoms with Gasteiger partial charge in [0.25, 0.3) is 0 Å². The van der Waals surface area contributed by atoms with Crippen LogP contribution in [-0.4, -0.2) is 25.0 Å². The number of esters is 2. The molecule has 2 aromatic rings. The third kappa shape index (κ3) is 5.07. The molecular weight excluding hydrogens is 338 g/mol. The van der Waals surface area contributed by atoms with Crippen molar-refractivity contribution < 1.29 is 28.3 Å². The third-order valence-electron chi connectivity index (χ3n) is 3.36. The summed E-state index contributed by atoms with van der Waals surface area (Å²) in [5.74, 6) is -1.00. The molecule has 1 heterocycles. The molecular formula is C19H19NO6. The number of benzene rings is 1. The monoisotopic (exact) mass is 357 g/mol. The number of nitrogens with one attached hydrogen (secondary N) is 1. The topological polar surface area (TPSA) is 94.8 Å². The molecule has 0 fully saturated rings. The molecule has 0 saturated carbocycles. The molecule has 0 unspecified atom stereocenters. The Hall–Kier alpha value is -3.35. The van der Waals surface area contributed by atoms with Crippen LogP contribution in [0.5, 0.6) is 0 Å². The van der Waals surface area contributed by atoms with Crippen LogP contribution in [0.25, 0.3) is 6.08 Å². The summed E-state index contributed by atoms with van der Waals surface area (Å²) in [6.07, 6.45) is 1.51. The lowest BCUT2D eigenvalue weighted by Gasteiger charge is -2.08. The minimum Gasteiger partial charge on any atom is -0.465 e. The van der Waals surface area contributed by atoms with Gasteiger partial charge in [-0.15, -0.1) is 0 Å². The molecule has 136 valence electrons. The van der Waals surface area contributed by atoms with E-state index in [9.17, 15) is 14.4 Å². The highest BCUT2D eigenvalue weighted by Crippen LogP contribution is 2.17. The first-order valence-corrected chi connectivity index (χ1v) is 7.79. The van der Waals surface area contributed by atoms with Gasteiger partial charge in [-0.1, -0.05) is 30.3 Å². The summed E-state index contributed by atoms with van der Waals surface area (Å²) in [6.45, 7) is 2.71. The van der Waals surface area contributed by atoms with Crippen molar-refractivity contribution in [3.63, 3.8) is 0 Å². The zero-order valence-corrected chi connectivity index (χ0v) is 14.7. The van der Waals surface area contributed by atoms with Gasteiger partial charge in [-0.25, -0.2) is 9.59 Å². The van der Waals surface area contributed by atoms with Gasteiger partial charge in [0.15, 0.2) is 0 Å². The van der Waals surface area contributed by atoms with Gasteiger partial charge < -0.3 is 19.2 Å². The Balaban J connectivity index is 2.11. The number of hydrogen-bond donors (Lipinski definition) is 1. The van der Waals surface area contributed by atoms with Gasteiger partial charge in [0.1, 0.15) is 29.4 Å². The highest BCUT2D eigenvalue weighted by atomic mass is 16.5. The number of aryl methyl sites for hydroxylation is 1. The van der Waals surface area contributed by atoms with E-state index < -0.39 is 17.8 Å². The van der Waals surface area contributed by atoms with E-state index in [1.807, 2.05) is 18.2 Å². The van der Waals surface area contributed by atoms with Gasteiger partial charge in [0, 0.05) is 6.92 Å². The smallest absolute Gasteiger partial charge is 0.355 e. The number of hydrogen-bond acceptors (Lipinski definition) is 6. The minimum atomic E-state index is -0.724. The fraction of sp³-hybridized carbons (Fsp3) is 0.211. The lowest BCUT2D eigenvalue weighted by Crippen LogP contribution is -2.26. The third-order valence-corrected chi connectivity index (χ3v) is 3.36. The van der Waals surface area contributed by atoms with Crippen LogP contribution in [0.3, 0.4) is 0 Å². The van der Waals surface area contributed by atoms with E-state index in [-0.39, 0.29) is 23.6 Å². The minimum absolute atomic E-state index is 0.000157. The Bertz CT molecular complexity index is 835. The van der Waals surface area contributed by atoms with Crippen LogP contribution in [0.4, 0.5) is 0 Å². The number of carbonyl (C=O) groups is 3. The lowest BCUT2D eigenvalue weighted by atomic mass is 10.2. The van der Waals surface area contributed by atoms with E-state index in [1.165, 1.54) is 26.2 Å². The van der Waals surface area contributed by atoms with Crippen LogP contribution in [0.15, 0.2) is 46.5 Å². The molecule has 0 radical (unpaired) electrons. The van der Waals surface area contributed by atoms with Crippen molar-refractivity contribution in [2.24, 2.45) is 0 Å². The number of methoxy groups -OCH3 is 1. The molecule has 0 bridgehead atoms. The molecule has 7 heteroatoms. The van der Waals surface area contributed by atoms with Crippen molar-refractivity contribution in [1.29, 1.82) is 0 Å². The first-order valence-electron chi connectivity index (χ1n) is 7.79. The van der Waals surface area contributed by atoms with Gasteiger partial charge >= 0.3 is 11.9 Å². The molecule has 0 aliphatic carbocycles. The maximum atomic E-state index is 12.3. The number of furan rings is 1. The molecule has 26 heavy (non-hydrogen) atoms. The standard InChI is InChI=1S/C19H19NO6/c1-12-16(18(22)24-3)10-15(26-12)11-25-19(23)17(20-13(2)21)9-14-7-5-4-6-8-14/h4-10H,11H2,1-3H3,(H,20,21)/b17-9-. The second kappa shape index (κ2) is 8.66. The molecule has 1 N–H and O–H groups in total. The molecule has 0 aliphatic rings. The molecule has 0 spiro atoms. The summed E-state index contributed by atoms with van der Waals surface area (Å²) < 4.78 is 15.2. The fourth-order valence-electron chi connectivity index (χ4n) is 2.19. The molecule has 1 aromatic heterocycles. The Morgan fingerprint density at radius 1 is 1.19 bits per heavy atom. The van der Waals surface area contributed by atoms with E-state index in [1.54, 1.807) is 19.1 Å². The molecule has 7 nitrogen and oxygen atoms in total. The lowest BCUT2D eigenvalue weighted by molar-refractivity contribution is -0.142. The molecule has 1 aromatic carbocycles. The summed E-state index contributed by atoms with van der Waals surface area (Å²) in [6, 6.07) is 10.5. The van der Waals surface area contributed by atoms with Crippen LogP contribution in [0.2, 0.25) is 0 Å². The Morgan fingerprint density at radius 3 is 2.50 bits per heavy atom. The predicted octanol–water partition coefficient (Wildman–Crippen LogP) is 2.60. The van der Waals surface area contributed by atoms with Crippen molar-refractivity contribution in [1.82, 2.24) is 5.32 Å². The zero-order chi connectivity index (χ0) is 19.1.